The van der Waals surface area contributed by atoms with Gasteiger partial charge in [-0.3, -0.25) is 9.69 Å². The predicted octanol–water partition coefficient (Wildman–Crippen LogP) is 5.73. The second-order valence-electron chi connectivity index (χ2n) is 6.75. The second-order valence-corrected chi connectivity index (χ2v) is 6.75. The Labute approximate surface area is 152 Å². The standard InChI is InChI=1S/C23H31NO/c1-2-3-4-5-6-13-18-24(19-21-14-9-7-10-15-21)20-23(25)22-16-11-8-12-17-22/h7-12,14-17H,2-6,13,18-20H2,1H3. The molecule has 0 unspecified atom stereocenters. The summed E-state index contributed by atoms with van der Waals surface area (Å²) < 4.78 is 0. The number of hydrogen-bond acceptors (Lipinski definition) is 2. The molecule has 0 fully saturated rings. The van der Waals surface area contributed by atoms with Crippen LogP contribution in [0.25, 0.3) is 0 Å². The molecule has 0 aromatic heterocycles. The van der Waals surface area contributed by atoms with Crippen LogP contribution in [0.2, 0.25) is 0 Å². The maximum Gasteiger partial charge on any atom is 0.176 e. The highest BCUT2D eigenvalue weighted by Crippen LogP contribution is 2.11. The van der Waals surface area contributed by atoms with Gasteiger partial charge in [0.15, 0.2) is 5.78 Å². The minimum Gasteiger partial charge on any atom is -0.293 e. The van der Waals surface area contributed by atoms with Crippen LogP contribution in [0.5, 0.6) is 0 Å². The third kappa shape index (κ3) is 7.66. The Morgan fingerprint density at radius 2 is 1.40 bits per heavy atom. The normalized spacial score (nSPS) is 11.0. The molecule has 0 atom stereocenters. The Morgan fingerprint density at radius 1 is 0.800 bits per heavy atom. The number of hydrogen-bond donors (Lipinski definition) is 0. The van der Waals surface area contributed by atoms with Gasteiger partial charge in [-0.25, -0.2) is 0 Å². The topological polar surface area (TPSA) is 20.3 Å². The lowest BCUT2D eigenvalue weighted by atomic mass is 10.1. The monoisotopic (exact) mass is 337 g/mol. The Bertz CT molecular complexity index is 594. The molecule has 0 saturated heterocycles. The van der Waals surface area contributed by atoms with Gasteiger partial charge in [0.1, 0.15) is 0 Å². The van der Waals surface area contributed by atoms with Crippen molar-refractivity contribution in [1.82, 2.24) is 4.90 Å². The molecule has 0 N–H and O–H groups in total. The minimum atomic E-state index is 0.211. The number of benzene rings is 2. The van der Waals surface area contributed by atoms with E-state index >= 15 is 0 Å². The van der Waals surface area contributed by atoms with Gasteiger partial charge >= 0.3 is 0 Å². The van der Waals surface area contributed by atoms with E-state index in [9.17, 15) is 4.79 Å². The van der Waals surface area contributed by atoms with Gasteiger partial charge in [-0.05, 0) is 18.5 Å². The number of carbonyl (C=O) groups excluding carboxylic acids is 1. The molecule has 2 aromatic rings. The maximum atomic E-state index is 12.6. The van der Waals surface area contributed by atoms with Crippen LogP contribution >= 0.6 is 0 Å². The quantitative estimate of drug-likeness (QED) is 0.364. The average Bonchev–Trinajstić information content (AvgIpc) is 2.66. The molecule has 0 aliphatic rings. The molecule has 0 bridgehead atoms. The summed E-state index contributed by atoms with van der Waals surface area (Å²) in [5.74, 6) is 0.211. The van der Waals surface area contributed by atoms with E-state index in [1.54, 1.807) is 0 Å². The molecule has 0 heterocycles. The molecule has 134 valence electrons. The number of nitrogens with zero attached hydrogens (tertiary/aromatic N) is 1. The van der Waals surface area contributed by atoms with E-state index in [0.717, 1.165) is 18.7 Å². The highest BCUT2D eigenvalue weighted by molar-refractivity contribution is 5.97. The van der Waals surface area contributed by atoms with Gasteiger partial charge in [0.25, 0.3) is 0 Å². The number of ketones is 1. The van der Waals surface area contributed by atoms with Gasteiger partial charge < -0.3 is 0 Å². The van der Waals surface area contributed by atoms with E-state index < -0.39 is 0 Å². The predicted molar refractivity (Wildman–Crippen MR) is 106 cm³/mol. The Hall–Kier alpha value is -1.93. The van der Waals surface area contributed by atoms with Crippen molar-refractivity contribution >= 4 is 5.78 Å². The first kappa shape index (κ1) is 19.4. The van der Waals surface area contributed by atoms with E-state index in [1.165, 1.54) is 44.1 Å². The molecular formula is C23H31NO. The first-order valence-electron chi connectivity index (χ1n) is 9.64. The highest BCUT2D eigenvalue weighted by Gasteiger charge is 2.12. The summed E-state index contributed by atoms with van der Waals surface area (Å²) in [6.45, 7) is 4.57. The fourth-order valence-corrected chi connectivity index (χ4v) is 3.09. The third-order valence-electron chi connectivity index (χ3n) is 4.54. The molecule has 0 aliphatic heterocycles. The molecule has 2 heteroatoms. The molecule has 2 aromatic carbocycles. The van der Waals surface area contributed by atoms with Gasteiger partial charge in [-0.15, -0.1) is 0 Å². The number of Topliss-reactive ketones (excluding diaryl/α,β-unsaturated/α-hetero) is 1. The highest BCUT2D eigenvalue weighted by atomic mass is 16.1. The summed E-state index contributed by atoms with van der Waals surface area (Å²) in [4.78, 5) is 14.9. The van der Waals surface area contributed by atoms with Gasteiger partial charge in [0.05, 0.1) is 6.54 Å². The van der Waals surface area contributed by atoms with E-state index in [1.807, 2.05) is 36.4 Å². The molecule has 2 nitrogen and oxygen atoms in total. The molecule has 0 radical (unpaired) electrons. The number of rotatable bonds is 12. The fourth-order valence-electron chi connectivity index (χ4n) is 3.09. The van der Waals surface area contributed by atoms with Crippen LogP contribution in [-0.2, 0) is 6.54 Å². The van der Waals surface area contributed by atoms with Crippen LogP contribution in [0.3, 0.4) is 0 Å². The summed E-state index contributed by atoms with van der Waals surface area (Å²) in [7, 11) is 0. The van der Waals surface area contributed by atoms with E-state index in [4.69, 9.17) is 0 Å². The van der Waals surface area contributed by atoms with E-state index in [-0.39, 0.29) is 5.78 Å². The van der Waals surface area contributed by atoms with Crippen LogP contribution in [0, 0.1) is 0 Å². The lowest BCUT2D eigenvalue weighted by molar-refractivity contribution is 0.0924. The minimum absolute atomic E-state index is 0.211. The zero-order chi connectivity index (χ0) is 17.7. The lowest BCUT2D eigenvalue weighted by Crippen LogP contribution is -2.30. The van der Waals surface area contributed by atoms with Crippen molar-refractivity contribution in [3.63, 3.8) is 0 Å². The Kier molecular flexibility index (Phi) is 9.00. The van der Waals surface area contributed by atoms with Crippen LogP contribution in [0.4, 0.5) is 0 Å². The molecule has 0 aliphatic carbocycles. The van der Waals surface area contributed by atoms with Crippen molar-refractivity contribution in [2.45, 2.75) is 52.0 Å². The molecule has 0 amide bonds. The third-order valence-corrected chi connectivity index (χ3v) is 4.54. The Morgan fingerprint density at radius 3 is 2.08 bits per heavy atom. The van der Waals surface area contributed by atoms with Crippen LogP contribution in [0.1, 0.15) is 61.4 Å². The fraction of sp³-hybridized carbons (Fsp3) is 0.435. The van der Waals surface area contributed by atoms with E-state index in [2.05, 4.69) is 36.1 Å². The van der Waals surface area contributed by atoms with Gasteiger partial charge in [0.2, 0.25) is 0 Å². The summed E-state index contributed by atoms with van der Waals surface area (Å²) in [6, 6.07) is 20.1. The first-order valence-corrected chi connectivity index (χ1v) is 9.64. The molecule has 0 spiro atoms. The molecule has 0 saturated carbocycles. The Balaban J connectivity index is 1.88. The summed E-state index contributed by atoms with van der Waals surface area (Å²) in [5.41, 5.74) is 2.08. The smallest absolute Gasteiger partial charge is 0.176 e. The summed E-state index contributed by atoms with van der Waals surface area (Å²) >= 11 is 0. The first-order chi connectivity index (χ1) is 12.3. The second kappa shape index (κ2) is 11.6. The van der Waals surface area contributed by atoms with Crippen molar-refractivity contribution in [2.24, 2.45) is 0 Å². The van der Waals surface area contributed by atoms with Crippen molar-refractivity contribution in [3.05, 3.63) is 71.8 Å². The summed E-state index contributed by atoms with van der Waals surface area (Å²) in [5, 5.41) is 0. The van der Waals surface area contributed by atoms with Crippen molar-refractivity contribution in [1.29, 1.82) is 0 Å². The van der Waals surface area contributed by atoms with Gasteiger partial charge in [-0.2, -0.15) is 0 Å². The summed E-state index contributed by atoms with van der Waals surface area (Å²) in [6.07, 6.45) is 7.67. The van der Waals surface area contributed by atoms with Crippen molar-refractivity contribution < 1.29 is 4.79 Å². The molecule has 25 heavy (non-hydrogen) atoms. The van der Waals surface area contributed by atoms with Gasteiger partial charge in [-0.1, -0.05) is 99.7 Å². The maximum absolute atomic E-state index is 12.6. The largest absolute Gasteiger partial charge is 0.293 e. The average molecular weight is 338 g/mol. The lowest BCUT2D eigenvalue weighted by Gasteiger charge is -2.22. The van der Waals surface area contributed by atoms with Crippen molar-refractivity contribution in [3.8, 4) is 0 Å². The van der Waals surface area contributed by atoms with E-state index in [0.29, 0.717) is 6.54 Å². The van der Waals surface area contributed by atoms with Gasteiger partial charge in [0, 0.05) is 12.1 Å². The number of carbonyl (C=O) groups is 1. The van der Waals surface area contributed by atoms with Crippen LogP contribution in [-0.4, -0.2) is 23.8 Å². The number of unbranched alkanes of at least 4 members (excludes halogenated alkanes) is 5. The molecular weight excluding hydrogens is 306 g/mol. The van der Waals surface area contributed by atoms with Crippen molar-refractivity contribution in [2.75, 3.05) is 13.1 Å². The van der Waals surface area contributed by atoms with Crippen LogP contribution in [0.15, 0.2) is 60.7 Å². The van der Waals surface area contributed by atoms with Crippen LogP contribution < -0.4 is 0 Å². The SMILES string of the molecule is CCCCCCCCN(CC(=O)c1ccccc1)Cc1ccccc1. The zero-order valence-corrected chi connectivity index (χ0v) is 15.5. The zero-order valence-electron chi connectivity index (χ0n) is 15.5. The molecule has 2 rings (SSSR count).